The van der Waals surface area contributed by atoms with Crippen LogP contribution in [-0.2, 0) is 22.4 Å². The quantitative estimate of drug-likeness (QED) is 0.853. The number of carbonyl (C=O) groups is 2. The number of para-hydroxylation sites is 1. The number of rotatable bonds is 4. The zero-order valence-electron chi connectivity index (χ0n) is 14.2. The van der Waals surface area contributed by atoms with Crippen LogP contribution in [0.25, 0.3) is 0 Å². The Kier molecular flexibility index (Phi) is 5.53. The molecule has 1 atom stereocenters. The van der Waals surface area contributed by atoms with Crippen molar-refractivity contribution in [3.8, 4) is 0 Å². The third-order valence-corrected chi connectivity index (χ3v) is 5.21. The largest absolute Gasteiger partial charge is 0.344 e. The monoisotopic (exact) mass is 400 g/mol. The summed E-state index contributed by atoms with van der Waals surface area (Å²) >= 11 is 3.45. The van der Waals surface area contributed by atoms with Crippen molar-refractivity contribution in [3.63, 3.8) is 0 Å². The van der Waals surface area contributed by atoms with E-state index in [0.717, 1.165) is 28.6 Å². The van der Waals surface area contributed by atoms with Gasteiger partial charge >= 0.3 is 0 Å². The topological polar surface area (TPSA) is 49.4 Å². The Morgan fingerprint density at radius 2 is 1.88 bits per heavy atom. The molecule has 0 aliphatic carbocycles. The molecule has 0 aromatic heterocycles. The van der Waals surface area contributed by atoms with Crippen LogP contribution in [0.5, 0.6) is 0 Å². The van der Waals surface area contributed by atoms with Gasteiger partial charge in [-0.25, -0.2) is 0 Å². The fraction of sp³-hybridized carbons (Fsp3) is 0.300. The van der Waals surface area contributed by atoms with Crippen LogP contribution in [0.1, 0.15) is 24.5 Å². The first-order chi connectivity index (χ1) is 12.1. The lowest BCUT2D eigenvalue weighted by Crippen LogP contribution is -2.49. The van der Waals surface area contributed by atoms with Crippen molar-refractivity contribution in [1.82, 2.24) is 5.32 Å². The Bertz CT molecular complexity index is 791. The number of halogens is 1. The highest BCUT2D eigenvalue weighted by atomic mass is 79.9. The van der Waals surface area contributed by atoms with E-state index in [1.54, 1.807) is 11.8 Å². The lowest BCUT2D eigenvalue weighted by Gasteiger charge is -2.31. The van der Waals surface area contributed by atoms with Crippen molar-refractivity contribution in [2.45, 2.75) is 32.2 Å². The van der Waals surface area contributed by atoms with Gasteiger partial charge in [-0.3, -0.25) is 9.59 Å². The first-order valence-electron chi connectivity index (χ1n) is 8.48. The van der Waals surface area contributed by atoms with Gasteiger partial charge in [0.15, 0.2) is 0 Å². The zero-order chi connectivity index (χ0) is 17.8. The molecule has 4 nitrogen and oxygen atoms in total. The van der Waals surface area contributed by atoms with Crippen LogP contribution >= 0.6 is 15.9 Å². The Balaban J connectivity index is 1.65. The Labute approximate surface area is 156 Å². The van der Waals surface area contributed by atoms with Crippen LogP contribution in [0.3, 0.4) is 0 Å². The molecule has 0 saturated carbocycles. The summed E-state index contributed by atoms with van der Waals surface area (Å²) in [6.45, 7) is 2.44. The summed E-state index contributed by atoms with van der Waals surface area (Å²) in [6, 6.07) is 15.0. The molecule has 130 valence electrons. The highest BCUT2D eigenvalue weighted by Crippen LogP contribution is 2.27. The van der Waals surface area contributed by atoms with Crippen LogP contribution in [0.2, 0.25) is 0 Å². The highest BCUT2D eigenvalue weighted by molar-refractivity contribution is 9.10. The summed E-state index contributed by atoms with van der Waals surface area (Å²) in [7, 11) is 0. The van der Waals surface area contributed by atoms with E-state index in [4.69, 9.17) is 0 Å². The number of amides is 2. The lowest BCUT2D eigenvalue weighted by atomic mass is 10.0. The third kappa shape index (κ3) is 4.10. The van der Waals surface area contributed by atoms with Gasteiger partial charge in [0.1, 0.15) is 6.04 Å². The van der Waals surface area contributed by atoms with Crippen molar-refractivity contribution in [3.05, 3.63) is 64.1 Å². The van der Waals surface area contributed by atoms with Gasteiger partial charge in [-0.2, -0.15) is 0 Å². The van der Waals surface area contributed by atoms with E-state index in [2.05, 4.69) is 27.3 Å². The highest BCUT2D eigenvalue weighted by Gasteiger charge is 2.27. The van der Waals surface area contributed by atoms with Gasteiger partial charge in [0.2, 0.25) is 11.8 Å². The van der Waals surface area contributed by atoms with Crippen LogP contribution in [-0.4, -0.2) is 24.4 Å². The average molecular weight is 401 g/mol. The minimum atomic E-state index is -0.554. The first-order valence-corrected chi connectivity index (χ1v) is 9.27. The first kappa shape index (κ1) is 17.7. The summed E-state index contributed by atoms with van der Waals surface area (Å²) in [5.41, 5.74) is 3.06. The van der Waals surface area contributed by atoms with Crippen molar-refractivity contribution < 1.29 is 9.59 Å². The molecule has 0 bridgehead atoms. The molecule has 1 aliphatic rings. The molecule has 2 amide bonds. The Morgan fingerprint density at radius 3 is 2.68 bits per heavy atom. The van der Waals surface area contributed by atoms with Gasteiger partial charge in [-0.15, -0.1) is 0 Å². The Morgan fingerprint density at radius 1 is 1.16 bits per heavy atom. The molecule has 2 aromatic carbocycles. The van der Waals surface area contributed by atoms with Gasteiger partial charge in [-0.05, 0) is 43.0 Å². The number of anilines is 1. The van der Waals surface area contributed by atoms with Gasteiger partial charge in [-0.1, -0.05) is 52.3 Å². The second kappa shape index (κ2) is 7.83. The number of aryl methyl sites for hydroxylation is 1. The molecule has 0 fully saturated rings. The van der Waals surface area contributed by atoms with Gasteiger partial charge in [0.05, 0.1) is 6.42 Å². The van der Waals surface area contributed by atoms with Crippen molar-refractivity contribution in [2.75, 3.05) is 11.4 Å². The predicted molar refractivity (Wildman–Crippen MR) is 103 cm³/mol. The maximum Gasteiger partial charge on any atom is 0.249 e. The summed E-state index contributed by atoms with van der Waals surface area (Å²) in [5, 5.41) is 2.83. The van der Waals surface area contributed by atoms with Crippen LogP contribution in [0.15, 0.2) is 53.0 Å². The number of hydrogen-bond donors (Lipinski definition) is 1. The summed E-state index contributed by atoms with van der Waals surface area (Å²) in [4.78, 5) is 26.9. The SMILES string of the molecule is C[C@@H](NC(=O)Cc1ccccc1Br)C(=O)N1CCCc2ccccc21. The molecule has 1 heterocycles. The molecule has 3 rings (SSSR count). The molecule has 2 aromatic rings. The minimum Gasteiger partial charge on any atom is -0.344 e. The average Bonchev–Trinajstić information content (AvgIpc) is 2.62. The summed E-state index contributed by atoms with van der Waals surface area (Å²) < 4.78 is 0.897. The molecule has 1 aliphatic heterocycles. The fourth-order valence-electron chi connectivity index (χ4n) is 3.17. The van der Waals surface area contributed by atoms with E-state index in [1.165, 1.54) is 5.56 Å². The van der Waals surface area contributed by atoms with E-state index in [1.807, 2.05) is 42.5 Å². The van der Waals surface area contributed by atoms with E-state index in [9.17, 15) is 9.59 Å². The molecule has 5 heteroatoms. The second-order valence-corrected chi connectivity index (χ2v) is 7.13. The number of benzene rings is 2. The molecule has 1 N–H and O–H groups in total. The van der Waals surface area contributed by atoms with Crippen molar-refractivity contribution >= 4 is 33.4 Å². The number of carbonyl (C=O) groups excluding carboxylic acids is 2. The smallest absolute Gasteiger partial charge is 0.249 e. The standard InChI is InChI=1S/C20H21BrN2O2/c1-14(22-19(24)13-16-8-2-4-10-17(16)21)20(25)23-12-6-9-15-7-3-5-11-18(15)23/h2-5,7-8,10-11,14H,6,9,12-13H2,1H3,(H,22,24)/t14-/m1/s1. The van der Waals surface area contributed by atoms with Crippen LogP contribution in [0, 0.1) is 0 Å². The molecule has 0 saturated heterocycles. The van der Waals surface area contributed by atoms with Crippen molar-refractivity contribution in [2.24, 2.45) is 0 Å². The number of fused-ring (bicyclic) bond motifs is 1. The fourth-order valence-corrected chi connectivity index (χ4v) is 3.59. The third-order valence-electron chi connectivity index (χ3n) is 4.43. The van der Waals surface area contributed by atoms with Gasteiger partial charge < -0.3 is 10.2 Å². The number of hydrogen-bond acceptors (Lipinski definition) is 2. The Hall–Kier alpha value is -2.14. The lowest BCUT2D eigenvalue weighted by molar-refractivity contribution is -0.126. The van der Waals surface area contributed by atoms with Gasteiger partial charge in [0, 0.05) is 16.7 Å². The maximum absolute atomic E-state index is 12.8. The maximum atomic E-state index is 12.8. The van der Waals surface area contributed by atoms with E-state index in [-0.39, 0.29) is 18.2 Å². The van der Waals surface area contributed by atoms with E-state index < -0.39 is 6.04 Å². The molecule has 0 unspecified atom stereocenters. The predicted octanol–water partition coefficient (Wildman–Crippen LogP) is 3.48. The van der Waals surface area contributed by atoms with Crippen molar-refractivity contribution in [1.29, 1.82) is 0 Å². The summed E-state index contributed by atoms with van der Waals surface area (Å²) in [5.74, 6) is -0.217. The normalized spacial score (nSPS) is 14.6. The van der Waals surface area contributed by atoms with Gasteiger partial charge in [0.25, 0.3) is 0 Å². The molecule has 0 radical (unpaired) electrons. The van der Waals surface area contributed by atoms with Crippen LogP contribution in [0.4, 0.5) is 5.69 Å². The van der Waals surface area contributed by atoms with E-state index in [0.29, 0.717) is 6.54 Å². The number of nitrogens with zero attached hydrogens (tertiary/aromatic N) is 1. The number of nitrogens with one attached hydrogen (secondary N) is 1. The second-order valence-electron chi connectivity index (χ2n) is 6.28. The molecular weight excluding hydrogens is 380 g/mol. The zero-order valence-corrected chi connectivity index (χ0v) is 15.8. The molecular formula is C20H21BrN2O2. The minimum absolute atomic E-state index is 0.0624. The molecule has 25 heavy (non-hydrogen) atoms. The summed E-state index contributed by atoms with van der Waals surface area (Å²) in [6.07, 6.45) is 2.18. The van der Waals surface area contributed by atoms with Crippen LogP contribution < -0.4 is 10.2 Å². The van der Waals surface area contributed by atoms with E-state index >= 15 is 0 Å². The molecule has 0 spiro atoms.